The van der Waals surface area contributed by atoms with E-state index in [4.69, 9.17) is 19.2 Å². The Hall–Kier alpha value is -2.49. The highest BCUT2D eigenvalue weighted by atomic mass is 28.3. The topological polar surface area (TPSA) is 104 Å². The van der Waals surface area contributed by atoms with Crippen molar-refractivity contribution < 1.29 is 14.2 Å². The van der Waals surface area contributed by atoms with E-state index in [1.807, 2.05) is 28.3 Å². The first-order valence-corrected chi connectivity index (χ1v) is 17.0. The van der Waals surface area contributed by atoms with Crippen molar-refractivity contribution in [2.24, 2.45) is 4.99 Å². The van der Waals surface area contributed by atoms with Crippen LogP contribution < -0.4 is 4.90 Å². The number of hydrogen-bond acceptors (Lipinski definition) is 8. The number of ether oxygens (including phenoxy) is 3. The minimum absolute atomic E-state index is 0.0206. The van der Waals surface area contributed by atoms with Gasteiger partial charge in [-0.25, -0.2) is 0 Å². The molecule has 0 radical (unpaired) electrons. The van der Waals surface area contributed by atoms with Crippen LogP contribution in [0.4, 0.5) is 5.82 Å². The minimum atomic E-state index is -1.12. The van der Waals surface area contributed by atoms with E-state index in [0.717, 1.165) is 62.1 Å². The van der Waals surface area contributed by atoms with Crippen molar-refractivity contribution in [3.8, 4) is 6.07 Å². The molecule has 2 aromatic rings. The molecule has 2 fully saturated rings. The number of fused-ring (bicyclic) bond motifs is 1. The van der Waals surface area contributed by atoms with Crippen molar-refractivity contribution in [2.45, 2.75) is 62.8 Å². The third kappa shape index (κ3) is 6.16. The van der Waals surface area contributed by atoms with Crippen LogP contribution in [0.5, 0.6) is 0 Å². The number of anilines is 1. The molecule has 0 bridgehead atoms. The third-order valence-corrected chi connectivity index (χ3v) is 9.16. The molecule has 37 heavy (non-hydrogen) atoms. The summed E-state index contributed by atoms with van der Waals surface area (Å²) >= 11 is 0. The summed E-state index contributed by atoms with van der Waals surface area (Å²) in [5.74, 6) is 0.619. The number of nitrogens with zero attached hydrogens (tertiary/aromatic N) is 6. The van der Waals surface area contributed by atoms with Gasteiger partial charge in [0.2, 0.25) is 0 Å². The molecular formula is C26H39N7O3Si. The van der Waals surface area contributed by atoms with Gasteiger partial charge in [-0.1, -0.05) is 19.6 Å². The summed E-state index contributed by atoms with van der Waals surface area (Å²) in [6.45, 7) is 12.2. The van der Waals surface area contributed by atoms with E-state index in [9.17, 15) is 5.26 Å². The Morgan fingerprint density at radius 1 is 1.27 bits per heavy atom. The zero-order valence-electron chi connectivity index (χ0n) is 22.2. The van der Waals surface area contributed by atoms with E-state index >= 15 is 0 Å². The molecule has 2 atom stereocenters. The van der Waals surface area contributed by atoms with Crippen LogP contribution in [0, 0.1) is 11.3 Å². The lowest BCUT2D eigenvalue weighted by Crippen LogP contribution is -2.46. The smallest absolute Gasteiger partial charge is 0.170 e. The molecule has 5 heterocycles. The van der Waals surface area contributed by atoms with Crippen LogP contribution in [0.2, 0.25) is 25.7 Å². The van der Waals surface area contributed by atoms with Crippen LogP contribution >= 0.6 is 0 Å². The monoisotopic (exact) mass is 525 g/mol. The molecule has 0 saturated carbocycles. The maximum absolute atomic E-state index is 9.52. The summed E-state index contributed by atoms with van der Waals surface area (Å²) < 4.78 is 19.6. The summed E-state index contributed by atoms with van der Waals surface area (Å²) in [4.78, 5) is 12.6. The molecule has 200 valence electrons. The van der Waals surface area contributed by atoms with Gasteiger partial charge in [0.15, 0.2) is 5.79 Å². The van der Waals surface area contributed by atoms with Crippen LogP contribution in [0.25, 0.3) is 0 Å². The first-order valence-electron chi connectivity index (χ1n) is 13.3. The molecule has 10 nitrogen and oxygen atoms in total. The standard InChI is InChI=1S/C26H39N7O3Si/c1-37(2,3)15-14-34-20-32-19-29-24(23-5-9-28-25(23)32)21-16-30-33(17-21)22(4-8-27)18-31-10-6-26(7-11-31)35-12-13-36-26/h5,9,16-17,19,22,24,28H,4,6-7,10-15,18,20H2,1-3H3. The number of likely N-dealkylation sites (tertiary alicyclic amines) is 1. The Bertz CT molecular complexity index is 1100. The number of aromatic nitrogens is 3. The van der Waals surface area contributed by atoms with E-state index in [-0.39, 0.29) is 17.9 Å². The highest BCUT2D eigenvalue weighted by molar-refractivity contribution is 6.76. The maximum Gasteiger partial charge on any atom is 0.170 e. The van der Waals surface area contributed by atoms with Gasteiger partial charge in [0, 0.05) is 70.7 Å². The third-order valence-electron chi connectivity index (χ3n) is 7.46. The van der Waals surface area contributed by atoms with Crippen LogP contribution in [0.15, 0.2) is 29.6 Å². The van der Waals surface area contributed by atoms with Gasteiger partial charge in [0.05, 0.1) is 44.3 Å². The Morgan fingerprint density at radius 3 is 2.78 bits per heavy atom. The summed E-state index contributed by atoms with van der Waals surface area (Å²) in [5, 5.41) is 14.2. The van der Waals surface area contributed by atoms with Gasteiger partial charge in [-0.15, -0.1) is 0 Å². The first kappa shape index (κ1) is 26.1. The second-order valence-electron chi connectivity index (χ2n) is 11.4. The van der Waals surface area contributed by atoms with Crippen LogP contribution in [-0.4, -0.2) is 86.0 Å². The Labute approximate surface area is 220 Å². The molecule has 2 saturated heterocycles. The predicted octanol–water partition coefficient (Wildman–Crippen LogP) is 3.75. The zero-order chi connectivity index (χ0) is 25.9. The van der Waals surface area contributed by atoms with E-state index in [1.54, 1.807) is 0 Å². The number of piperidine rings is 1. The Kier molecular flexibility index (Phi) is 7.83. The molecule has 3 aliphatic rings. The van der Waals surface area contributed by atoms with Crippen LogP contribution in [-0.2, 0) is 14.2 Å². The quantitative estimate of drug-likeness (QED) is 0.372. The first-order chi connectivity index (χ1) is 17.9. The van der Waals surface area contributed by atoms with E-state index in [2.05, 4.69) is 53.0 Å². The Morgan fingerprint density at radius 2 is 2.05 bits per heavy atom. The number of nitriles is 1. The summed E-state index contributed by atoms with van der Waals surface area (Å²) in [5.41, 5.74) is 2.12. The van der Waals surface area contributed by atoms with Gasteiger partial charge in [-0.2, -0.15) is 10.4 Å². The lowest BCUT2D eigenvalue weighted by Gasteiger charge is -2.38. The molecule has 2 aromatic heterocycles. The Balaban J connectivity index is 1.22. The van der Waals surface area contributed by atoms with Crippen LogP contribution in [0.3, 0.4) is 0 Å². The molecule has 1 spiro atoms. The molecule has 0 amide bonds. The van der Waals surface area contributed by atoms with Gasteiger partial charge in [-0.05, 0) is 12.1 Å². The van der Waals surface area contributed by atoms with E-state index in [1.165, 1.54) is 0 Å². The average molecular weight is 526 g/mol. The van der Waals surface area contributed by atoms with Gasteiger partial charge in [-0.3, -0.25) is 14.6 Å². The molecule has 3 aliphatic heterocycles. The van der Waals surface area contributed by atoms with E-state index in [0.29, 0.717) is 26.4 Å². The second-order valence-corrected chi connectivity index (χ2v) is 17.1. The van der Waals surface area contributed by atoms with Crippen LogP contribution in [0.1, 0.15) is 42.5 Å². The lowest BCUT2D eigenvalue weighted by molar-refractivity contribution is -0.185. The number of H-pyrrole nitrogens is 1. The second kappa shape index (κ2) is 11.1. The highest BCUT2D eigenvalue weighted by Gasteiger charge is 2.40. The van der Waals surface area contributed by atoms with Crippen molar-refractivity contribution in [1.82, 2.24) is 19.7 Å². The van der Waals surface area contributed by atoms with Crippen molar-refractivity contribution in [2.75, 3.05) is 51.1 Å². The van der Waals surface area contributed by atoms with Gasteiger partial charge in [0.25, 0.3) is 0 Å². The van der Waals surface area contributed by atoms with Gasteiger partial charge in [0.1, 0.15) is 18.6 Å². The molecule has 2 unspecified atom stereocenters. The fourth-order valence-electron chi connectivity index (χ4n) is 5.23. The molecular weight excluding hydrogens is 486 g/mol. The number of aromatic amines is 1. The number of hydrogen-bond donors (Lipinski definition) is 1. The largest absolute Gasteiger partial charge is 0.361 e. The summed E-state index contributed by atoms with van der Waals surface area (Å²) in [7, 11) is -1.12. The maximum atomic E-state index is 9.52. The molecule has 1 N–H and O–H groups in total. The summed E-state index contributed by atoms with van der Waals surface area (Å²) in [6, 6.07) is 5.41. The molecule has 0 aliphatic carbocycles. The van der Waals surface area contributed by atoms with E-state index < -0.39 is 8.07 Å². The SMILES string of the molecule is C[Si](C)(C)CCOCN1C=NC(c2cnn(C(CC#N)CN3CCC4(CC3)OCCO4)c2)c2cc[nH]c21. The van der Waals surface area contributed by atoms with Gasteiger partial charge >= 0.3 is 0 Å². The average Bonchev–Trinajstić information content (AvgIpc) is 3.64. The fourth-order valence-corrected chi connectivity index (χ4v) is 5.99. The number of nitrogens with one attached hydrogen (secondary N) is 1. The molecule has 5 rings (SSSR count). The fraction of sp³-hybridized carbons (Fsp3) is 0.654. The normalized spacial score (nSPS) is 22.3. The predicted molar refractivity (Wildman–Crippen MR) is 144 cm³/mol. The summed E-state index contributed by atoms with van der Waals surface area (Å²) in [6.07, 6.45) is 9.88. The van der Waals surface area contributed by atoms with Gasteiger partial charge < -0.3 is 24.1 Å². The highest BCUT2D eigenvalue weighted by Crippen LogP contribution is 2.36. The van der Waals surface area contributed by atoms with Crippen molar-refractivity contribution in [3.05, 3.63) is 35.8 Å². The van der Waals surface area contributed by atoms with Crippen molar-refractivity contribution in [1.29, 1.82) is 5.26 Å². The number of aliphatic imine (C=N–C) groups is 1. The minimum Gasteiger partial charge on any atom is -0.361 e. The van der Waals surface area contributed by atoms with Crippen molar-refractivity contribution >= 4 is 20.2 Å². The molecule has 0 aromatic carbocycles. The lowest BCUT2D eigenvalue weighted by atomic mass is 10.0. The molecule has 11 heteroatoms. The number of rotatable bonds is 10. The van der Waals surface area contributed by atoms with Crippen molar-refractivity contribution in [3.63, 3.8) is 0 Å². The zero-order valence-corrected chi connectivity index (χ0v) is 23.2.